The molecule has 2 heterocycles. The molecule has 2 rings (SSSR count). The number of amides is 1. The van der Waals surface area contributed by atoms with Gasteiger partial charge in [-0.25, -0.2) is 4.98 Å². The molecule has 0 aliphatic rings. The normalized spacial score (nSPS) is 12.6. The van der Waals surface area contributed by atoms with E-state index in [2.05, 4.69) is 10.3 Å². The molecule has 0 radical (unpaired) electrons. The standard InChI is InChI=1S/C13H17N3O2/c1-3-10(8-17)15-13(18)12-9(2)14-11-6-4-5-7-16(11)12/h4-7,10,17H,3,8H2,1-2H3,(H,15,18). The van der Waals surface area contributed by atoms with Gasteiger partial charge in [-0.2, -0.15) is 0 Å². The van der Waals surface area contributed by atoms with Gasteiger partial charge in [0, 0.05) is 6.20 Å². The minimum atomic E-state index is -0.217. The van der Waals surface area contributed by atoms with Crippen molar-refractivity contribution < 1.29 is 9.90 Å². The summed E-state index contributed by atoms with van der Waals surface area (Å²) in [6.45, 7) is 3.67. The maximum Gasteiger partial charge on any atom is 0.270 e. The molecular formula is C13H17N3O2. The zero-order chi connectivity index (χ0) is 13.1. The number of nitrogens with one attached hydrogen (secondary N) is 1. The predicted molar refractivity (Wildman–Crippen MR) is 68.6 cm³/mol. The lowest BCUT2D eigenvalue weighted by Gasteiger charge is -2.14. The van der Waals surface area contributed by atoms with Crippen LogP contribution in [0.3, 0.4) is 0 Å². The summed E-state index contributed by atoms with van der Waals surface area (Å²) in [5.41, 5.74) is 1.96. The van der Waals surface area contributed by atoms with Crippen LogP contribution in [0.25, 0.3) is 5.65 Å². The maximum absolute atomic E-state index is 12.2. The summed E-state index contributed by atoms with van der Waals surface area (Å²) in [6.07, 6.45) is 2.50. The fourth-order valence-electron chi connectivity index (χ4n) is 1.92. The molecule has 5 nitrogen and oxygen atoms in total. The first kappa shape index (κ1) is 12.6. The number of hydrogen-bond acceptors (Lipinski definition) is 3. The van der Waals surface area contributed by atoms with Crippen LogP contribution in [0.2, 0.25) is 0 Å². The molecule has 2 N–H and O–H groups in total. The highest BCUT2D eigenvalue weighted by Gasteiger charge is 2.18. The first-order valence-electron chi connectivity index (χ1n) is 6.02. The van der Waals surface area contributed by atoms with Crippen LogP contribution >= 0.6 is 0 Å². The van der Waals surface area contributed by atoms with Crippen molar-refractivity contribution in [3.63, 3.8) is 0 Å². The van der Waals surface area contributed by atoms with Crippen LogP contribution in [0, 0.1) is 6.92 Å². The van der Waals surface area contributed by atoms with E-state index in [9.17, 15) is 4.79 Å². The Bertz CT molecular complexity index is 558. The van der Waals surface area contributed by atoms with Gasteiger partial charge < -0.3 is 10.4 Å². The number of fused-ring (bicyclic) bond motifs is 1. The molecule has 0 fully saturated rings. The average molecular weight is 247 g/mol. The van der Waals surface area contributed by atoms with E-state index in [-0.39, 0.29) is 18.6 Å². The Balaban J connectivity index is 2.35. The summed E-state index contributed by atoms with van der Waals surface area (Å²) >= 11 is 0. The van der Waals surface area contributed by atoms with Gasteiger partial charge in [0.15, 0.2) is 0 Å². The number of aliphatic hydroxyl groups is 1. The molecule has 5 heteroatoms. The lowest BCUT2D eigenvalue weighted by molar-refractivity contribution is 0.0908. The molecule has 2 aromatic heterocycles. The fraction of sp³-hybridized carbons (Fsp3) is 0.385. The zero-order valence-corrected chi connectivity index (χ0v) is 10.6. The van der Waals surface area contributed by atoms with Gasteiger partial charge in [0.05, 0.1) is 18.3 Å². The van der Waals surface area contributed by atoms with Crippen LogP contribution in [0.5, 0.6) is 0 Å². The van der Waals surface area contributed by atoms with Crippen LogP contribution in [0.15, 0.2) is 24.4 Å². The predicted octanol–water partition coefficient (Wildman–Crippen LogP) is 1.14. The molecule has 0 aliphatic heterocycles. The first-order valence-corrected chi connectivity index (χ1v) is 6.02. The molecule has 96 valence electrons. The second-order valence-electron chi connectivity index (χ2n) is 4.24. The van der Waals surface area contributed by atoms with Gasteiger partial charge >= 0.3 is 0 Å². The Labute approximate surface area is 105 Å². The number of pyridine rings is 1. The van der Waals surface area contributed by atoms with Crippen LogP contribution in [-0.4, -0.2) is 33.0 Å². The SMILES string of the molecule is CCC(CO)NC(=O)c1c(C)nc2ccccn12. The number of aryl methyl sites for hydroxylation is 1. The number of imidazole rings is 1. The molecule has 0 spiro atoms. The second-order valence-corrected chi connectivity index (χ2v) is 4.24. The molecule has 0 bridgehead atoms. The van der Waals surface area contributed by atoms with Gasteiger partial charge in [-0.05, 0) is 25.5 Å². The zero-order valence-electron chi connectivity index (χ0n) is 10.6. The van der Waals surface area contributed by atoms with Crippen molar-refractivity contribution in [3.8, 4) is 0 Å². The number of carbonyl (C=O) groups is 1. The van der Waals surface area contributed by atoms with Crippen molar-refractivity contribution in [1.29, 1.82) is 0 Å². The van der Waals surface area contributed by atoms with Gasteiger partial charge in [-0.1, -0.05) is 13.0 Å². The number of nitrogens with zero attached hydrogens (tertiary/aromatic N) is 2. The Kier molecular flexibility index (Phi) is 3.62. The van der Waals surface area contributed by atoms with Crippen LogP contribution in [0.1, 0.15) is 29.5 Å². The van der Waals surface area contributed by atoms with E-state index in [0.29, 0.717) is 17.8 Å². The largest absolute Gasteiger partial charge is 0.394 e. The van der Waals surface area contributed by atoms with E-state index in [1.807, 2.05) is 38.2 Å². The van der Waals surface area contributed by atoms with Crippen LogP contribution < -0.4 is 5.32 Å². The molecule has 0 saturated heterocycles. The molecule has 0 aliphatic carbocycles. The Hall–Kier alpha value is -1.88. The smallest absolute Gasteiger partial charge is 0.270 e. The van der Waals surface area contributed by atoms with E-state index in [4.69, 9.17) is 5.11 Å². The molecule has 1 atom stereocenters. The van der Waals surface area contributed by atoms with E-state index in [1.165, 1.54) is 0 Å². The molecule has 18 heavy (non-hydrogen) atoms. The van der Waals surface area contributed by atoms with Crippen LogP contribution in [-0.2, 0) is 0 Å². The molecular weight excluding hydrogens is 230 g/mol. The summed E-state index contributed by atoms with van der Waals surface area (Å²) in [6, 6.07) is 5.37. The number of carbonyl (C=O) groups excluding carboxylic acids is 1. The highest BCUT2D eigenvalue weighted by atomic mass is 16.3. The van der Waals surface area contributed by atoms with Crippen molar-refractivity contribution in [2.45, 2.75) is 26.3 Å². The molecule has 1 amide bonds. The number of rotatable bonds is 4. The van der Waals surface area contributed by atoms with E-state index in [0.717, 1.165) is 5.65 Å². The van der Waals surface area contributed by atoms with Crippen molar-refractivity contribution in [2.75, 3.05) is 6.61 Å². The monoisotopic (exact) mass is 247 g/mol. The lowest BCUT2D eigenvalue weighted by Crippen LogP contribution is -2.37. The Morgan fingerprint density at radius 1 is 1.56 bits per heavy atom. The van der Waals surface area contributed by atoms with Gasteiger partial charge in [-0.3, -0.25) is 9.20 Å². The average Bonchev–Trinajstić information content (AvgIpc) is 2.71. The minimum absolute atomic E-state index is 0.0575. The topological polar surface area (TPSA) is 66.6 Å². The van der Waals surface area contributed by atoms with Gasteiger partial charge in [0.1, 0.15) is 11.3 Å². The number of hydrogen-bond donors (Lipinski definition) is 2. The fourth-order valence-corrected chi connectivity index (χ4v) is 1.92. The summed E-state index contributed by atoms with van der Waals surface area (Å²) < 4.78 is 1.76. The van der Waals surface area contributed by atoms with Gasteiger partial charge in [0.25, 0.3) is 5.91 Å². The highest BCUT2D eigenvalue weighted by Crippen LogP contribution is 2.11. The summed E-state index contributed by atoms with van der Waals surface area (Å²) in [5.74, 6) is -0.202. The van der Waals surface area contributed by atoms with Crippen molar-refractivity contribution >= 4 is 11.6 Å². The maximum atomic E-state index is 12.2. The van der Waals surface area contributed by atoms with Gasteiger partial charge in [0.2, 0.25) is 0 Å². The third-order valence-electron chi connectivity index (χ3n) is 2.97. The van der Waals surface area contributed by atoms with Crippen molar-refractivity contribution in [1.82, 2.24) is 14.7 Å². The molecule has 1 unspecified atom stereocenters. The van der Waals surface area contributed by atoms with Gasteiger partial charge in [-0.15, -0.1) is 0 Å². The van der Waals surface area contributed by atoms with Crippen molar-refractivity contribution in [3.05, 3.63) is 35.8 Å². The second kappa shape index (κ2) is 5.18. The number of aliphatic hydroxyl groups excluding tert-OH is 1. The quantitative estimate of drug-likeness (QED) is 0.851. The molecule has 0 aromatic carbocycles. The summed E-state index contributed by atoms with van der Waals surface area (Å²) in [7, 11) is 0. The number of aromatic nitrogens is 2. The Morgan fingerprint density at radius 3 is 3.00 bits per heavy atom. The molecule has 2 aromatic rings. The Morgan fingerprint density at radius 2 is 2.33 bits per heavy atom. The third kappa shape index (κ3) is 2.22. The van der Waals surface area contributed by atoms with Crippen molar-refractivity contribution in [2.24, 2.45) is 0 Å². The minimum Gasteiger partial charge on any atom is -0.394 e. The van der Waals surface area contributed by atoms with E-state index < -0.39 is 0 Å². The van der Waals surface area contributed by atoms with E-state index in [1.54, 1.807) is 4.40 Å². The summed E-state index contributed by atoms with van der Waals surface area (Å²) in [4.78, 5) is 16.5. The third-order valence-corrected chi connectivity index (χ3v) is 2.97. The highest BCUT2D eigenvalue weighted by molar-refractivity contribution is 5.94. The summed E-state index contributed by atoms with van der Waals surface area (Å²) in [5, 5.41) is 11.9. The van der Waals surface area contributed by atoms with Crippen LogP contribution in [0.4, 0.5) is 0 Å². The molecule has 0 saturated carbocycles. The lowest BCUT2D eigenvalue weighted by atomic mass is 10.2. The van der Waals surface area contributed by atoms with E-state index >= 15 is 0 Å². The first-order chi connectivity index (χ1) is 8.67.